The van der Waals surface area contributed by atoms with Crippen LogP contribution >= 0.6 is 0 Å². The van der Waals surface area contributed by atoms with Crippen molar-refractivity contribution in [1.82, 2.24) is 20.3 Å². The summed E-state index contributed by atoms with van der Waals surface area (Å²) in [6, 6.07) is 19.4. The van der Waals surface area contributed by atoms with Gasteiger partial charge in [0, 0.05) is 6.04 Å². The lowest BCUT2D eigenvalue weighted by atomic mass is 10.0. The van der Waals surface area contributed by atoms with E-state index in [2.05, 4.69) is 15.6 Å². The predicted molar refractivity (Wildman–Crippen MR) is 149 cm³/mol. The van der Waals surface area contributed by atoms with Gasteiger partial charge in [0.15, 0.2) is 0 Å². The molecule has 39 heavy (non-hydrogen) atoms. The van der Waals surface area contributed by atoms with Gasteiger partial charge in [0.05, 0.1) is 25.4 Å². The van der Waals surface area contributed by atoms with E-state index in [0.717, 1.165) is 36.8 Å². The minimum atomic E-state index is -0.973. The third-order valence-corrected chi connectivity index (χ3v) is 7.19. The van der Waals surface area contributed by atoms with Crippen LogP contribution in [0.1, 0.15) is 42.9 Å². The van der Waals surface area contributed by atoms with Gasteiger partial charge in [-0.3, -0.25) is 14.5 Å². The summed E-state index contributed by atoms with van der Waals surface area (Å²) < 4.78 is 12.7. The highest BCUT2D eigenvalue weighted by Crippen LogP contribution is 2.37. The number of para-hydroxylation sites is 1. The van der Waals surface area contributed by atoms with Crippen molar-refractivity contribution in [3.05, 3.63) is 77.9 Å². The summed E-state index contributed by atoms with van der Waals surface area (Å²) in [5.41, 5.74) is 3.48. The molecule has 5 rings (SSSR count). The lowest BCUT2D eigenvalue weighted by Crippen LogP contribution is -2.47. The topological polar surface area (TPSA) is 98.6 Å². The Hall–Kier alpha value is -4.40. The van der Waals surface area contributed by atoms with Crippen molar-refractivity contribution < 1.29 is 19.1 Å². The zero-order chi connectivity index (χ0) is 27.4. The number of anilines is 1. The zero-order valence-corrected chi connectivity index (χ0v) is 22.5. The van der Waals surface area contributed by atoms with Crippen LogP contribution in [0.25, 0.3) is 11.0 Å². The number of aryl methyl sites for hydroxylation is 1. The van der Waals surface area contributed by atoms with Crippen LogP contribution in [-0.4, -0.2) is 47.1 Å². The molecule has 0 radical (unpaired) electrons. The first-order valence-electron chi connectivity index (χ1n) is 13.2. The van der Waals surface area contributed by atoms with E-state index in [0.29, 0.717) is 28.3 Å². The van der Waals surface area contributed by atoms with Crippen LogP contribution in [-0.2, 0) is 16.1 Å². The monoisotopic (exact) mass is 527 g/mol. The molecule has 9 heteroatoms. The van der Waals surface area contributed by atoms with Crippen molar-refractivity contribution in [3.63, 3.8) is 0 Å². The molecular weight excluding hydrogens is 494 g/mol. The Morgan fingerprint density at radius 3 is 2.59 bits per heavy atom. The molecule has 1 aliphatic carbocycles. The smallest absolute Gasteiger partial charge is 0.249 e. The fourth-order valence-electron chi connectivity index (χ4n) is 5.22. The lowest BCUT2D eigenvalue weighted by molar-refractivity contribution is -0.127. The molecule has 0 aliphatic heterocycles. The largest absolute Gasteiger partial charge is 0.497 e. The van der Waals surface area contributed by atoms with E-state index in [9.17, 15) is 9.59 Å². The first kappa shape index (κ1) is 26.2. The predicted octanol–water partition coefficient (Wildman–Crippen LogP) is 4.59. The molecule has 1 N–H and O–H groups in total. The van der Waals surface area contributed by atoms with Gasteiger partial charge in [-0.05, 0) is 67.3 Å². The molecule has 1 heterocycles. The quantitative estimate of drug-likeness (QED) is 0.342. The molecular formula is C30H33N5O4. The molecule has 1 aromatic heterocycles. The number of amides is 2. The number of aromatic nitrogens is 3. The normalized spacial score (nSPS) is 14.2. The van der Waals surface area contributed by atoms with Gasteiger partial charge in [-0.25, -0.2) is 4.68 Å². The third-order valence-electron chi connectivity index (χ3n) is 7.19. The number of hydrogen-bond acceptors (Lipinski definition) is 6. The minimum absolute atomic E-state index is 0.0706. The number of ether oxygens (including phenoxy) is 2. The Labute approximate surface area is 227 Å². The van der Waals surface area contributed by atoms with Crippen molar-refractivity contribution in [2.45, 2.75) is 51.2 Å². The van der Waals surface area contributed by atoms with Crippen LogP contribution in [0.4, 0.5) is 5.69 Å². The second-order valence-electron chi connectivity index (χ2n) is 9.84. The van der Waals surface area contributed by atoms with Gasteiger partial charge < -0.3 is 14.8 Å². The van der Waals surface area contributed by atoms with Gasteiger partial charge in [-0.2, -0.15) is 0 Å². The maximum Gasteiger partial charge on any atom is 0.249 e. The summed E-state index contributed by atoms with van der Waals surface area (Å²) >= 11 is 0. The number of nitrogens with one attached hydrogen (secondary N) is 1. The van der Waals surface area contributed by atoms with Crippen molar-refractivity contribution >= 4 is 28.5 Å². The van der Waals surface area contributed by atoms with E-state index < -0.39 is 6.04 Å². The van der Waals surface area contributed by atoms with E-state index in [1.54, 1.807) is 25.0 Å². The standard InChI is InChI=1S/C30H33N5O4/c1-20-15-16-27(39-3)26(17-20)35(28(36)19-34-25-14-7-6-13-24(25)32-33-34)29(21-9-8-12-23(18-21)38-2)30(37)31-22-10-4-5-11-22/h6-9,12-18,22,29H,4-5,10-11,19H2,1-3H3,(H,31,37). The number of carbonyl (C=O) groups excluding carboxylic acids is 2. The molecule has 0 bridgehead atoms. The first-order chi connectivity index (χ1) is 19.0. The van der Waals surface area contributed by atoms with Crippen LogP contribution in [0.3, 0.4) is 0 Å². The number of carbonyl (C=O) groups is 2. The van der Waals surface area contributed by atoms with Crippen LogP contribution < -0.4 is 19.7 Å². The Kier molecular flexibility index (Phi) is 7.76. The van der Waals surface area contributed by atoms with Crippen molar-refractivity contribution in [1.29, 1.82) is 0 Å². The summed E-state index contributed by atoms with van der Waals surface area (Å²) in [7, 11) is 3.13. The van der Waals surface area contributed by atoms with E-state index in [-0.39, 0.29) is 24.4 Å². The van der Waals surface area contributed by atoms with E-state index in [1.165, 1.54) is 4.90 Å². The number of benzene rings is 3. The molecule has 4 aromatic rings. The SMILES string of the molecule is COc1cccc(C(C(=O)NC2CCCC2)N(C(=O)Cn2nnc3ccccc32)c2cc(C)ccc2OC)c1. The number of methoxy groups -OCH3 is 2. The highest BCUT2D eigenvalue weighted by molar-refractivity contribution is 6.02. The van der Waals surface area contributed by atoms with Gasteiger partial charge in [0.2, 0.25) is 11.8 Å². The molecule has 1 aliphatic rings. The summed E-state index contributed by atoms with van der Waals surface area (Å²) in [6.45, 7) is 1.82. The van der Waals surface area contributed by atoms with E-state index in [4.69, 9.17) is 9.47 Å². The second-order valence-corrected chi connectivity index (χ2v) is 9.84. The van der Waals surface area contributed by atoms with Crippen LogP contribution in [0.5, 0.6) is 11.5 Å². The van der Waals surface area contributed by atoms with E-state index in [1.807, 2.05) is 67.6 Å². The molecule has 202 valence electrons. The van der Waals surface area contributed by atoms with Gasteiger partial charge >= 0.3 is 0 Å². The zero-order valence-electron chi connectivity index (χ0n) is 22.5. The lowest BCUT2D eigenvalue weighted by Gasteiger charge is -2.33. The highest BCUT2D eigenvalue weighted by Gasteiger charge is 2.36. The summed E-state index contributed by atoms with van der Waals surface area (Å²) in [4.78, 5) is 29.9. The molecule has 1 fully saturated rings. The van der Waals surface area contributed by atoms with Gasteiger partial charge in [0.25, 0.3) is 0 Å². The van der Waals surface area contributed by atoms with Gasteiger partial charge in [0.1, 0.15) is 29.6 Å². The van der Waals surface area contributed by atoms with Gasteiger partial charge in [-0.1, -0.05) is 48.4 Å². The maximum atomic E-state index is 14.3. The fraction of sp³-hybridized carbons (Fsp3) is 0.333. The summed E-state index contributed by atoms with van der Waals surface area (Å²) in [6.07, 6.45) is 3.98. The molecule has 0 saturated heterocycles. The van der Waals surface area contributed by atoms with Crippen LogP contribution in [0, 0.1) is 6.92 Å². The average Bonchev–Trinajstić information content (AvgIpc) is 3.61. The molecule has 1 unspecified atom stereocenters. The Balaban J connectivity index is 1.64. The summed E-state index contributed by atoms with van der Waals surface area (Å²) in [5, 5.41) is 11.6. The van der Waals surface area contributed by atoms with E-state index >= 15 is 0 Å². The molecule has 1 saturated carbocycles. The summed E-state index contributed by atoms with van der Waals surface area (Å²) in [5.74, 6) is 0.496. The van der Waals surface area contributed by atoms with Crippen LogP contribution in [0.2, 0.25) is 0 Å². The van der Waals surface area contributed by atoms with Crippen molar-refractivity contribution in [2.75, 3.05) is 19.1 Å². The molecule has 9 nitrogen and oxygen atoms in total. The first-order valence-corrected chi connectivity index (χ1v) is 13.2. The van der Waals surface area contributed by atoms with Crippen LogP contribution in [0.15, 0.2) is 66.7 Å². The second kappa shape index (κ2) is 11.6. The molecule has 2 amide bonds. The minimum Gasteiger partial charge on any atom is -0.497 e. The fourth-order valence-corrected chi connectivity index (χ4v) is 5.22. The Morgan fingerprint density at radius 1 is 1.03 bits per heavy atom. The molecule has 3 aromatic carbocycles. The maximum absolute atomic E-state index is 14.3. The average molecular weight is 528 g/mol. The Morgan fingerprint density at radius 2 is 1.82 bits per heavy atom. The number of fused-ring (bicyclic) bond motifs is 1. The molecule has 1 atom stereocenters. The number of rotatable bonds is 9. The van der Waals surface area contributed by atoms with Crippen molar-refractivity contribution in [2.24, 2.45) is 0 Å². The number of hydrogen-bond donors (Lipinski definition) is 1. The third kappa shape index (κ3) is 5.57. The van der Waals surface area contributed by atoms with Gasteiger partial charge in [-0.15, -0.1) is 5.10 Å². The molecule has 0 spiro atoms. The number of nitrogens with zero attached hydrogens (tertiary/aromatic N) is 4. The highest BCUT2D eigenvalue weighted by atomic mass is 16.5. The van der Waals surface area contributed by atoms with Crippen molar-refractivity contribution in [3.8, 4) is 11.5 Å². The Bertz CT molecular complexity index is 1480.